The maximum Gasteiger partial charge on any atom is 0.322 e. The Balaban J connectivity index is 1.82. The molecule has 3 atom stereocenters. The topological polar surface area (TPSA) is 75.4 Å². The van der Waals surface area contributed by atoms with Crippen LogP contribution in [0.15, 0.2) is 18.2 Å². The summed E-state index contributed by atoms with van der Waals surface area (Å²) in [5.41, 5.74) is 5.33. The number of carbonyl (C=O) groups excluding carboxylic acids is 2. The molecule has 23 heavy (non-hydrogen) atoms. The lowest BCUT2D eigenvalue weighted by molar-refractivity contribution is -0.121. The van der Waals surface area contributed by atoms with Crippen molar-refractivity contribution in [3.63, 3.8) is 0 Å². The van der Waals surface area contributed by atoms with Crippen LogP contribution in [0.3, 0.4) is 0 Å². The summed E-state index contributed by atoms with van der Waals surface area (Å²) < 4.78 is 26.7. The largest absolute Gasteiger partial charge is 0.368 e. The molecule has 0 radical (unpaired) electrons. The van der Waals surface area contributed by atoms with Crippen molar-refractivity contribution < 1.29 is 18.4 Å². The van der Waals surface area contributed by atoms with Crippen molar-refractivity contribution in [2.24, 2.45) is 11.7 Å². The highest BCUT2D eigenvalue weighted by molar-refractivity contribution is 5.94. The van der Waals surface area contributed by atoms with Crippen LogP contribution >= 0.6 is 0 Å². The first kappa shape index (κ1) is 15.7. The minimum absolute atomic E-state index is 0.0511. The van der Waals surface area contributed by atoms with E-state index in [-0.39, 0.29) is 17.6 Å². The predicted molar refractivity (Wildman–Crippen MR) is 80.6 cm³/mol. The zero-order valence-corrected chi connectivity index (χ0v) is 12.6. The monoisotopic (exact) mass is 323 g/mol. The zero-order valence-electron chi connectivity index (χ0n) is 12.6. The second kappa shape index (κ2) is 6.14. The number of amides is 3. The molecule has 1 heterocycles. The van der Waals surface area contributed by atoms with Crippen LogP contribution in [0.2, 0.25) is 0 Å². The van der Waals surface area contributed by atoms with Gasteiger partial charge in [0.15, 0.2) is 0 Å². The highest BCUT2D eigenvalue weighted by atomic mass is 19.1. The average Bonchev–Trinajstić information content (AvgIpc) is 2.90. The number of likely N-dealkylation sites (tertiary alicyclic amines) is 1. The first-order chi connectivity index (χ1) is 11.0. The Labute approximate surface area is 132 Å². The lowest BCUT2D eigenvalue weighted by Crippen LogP contribution is -2.50. The van der Waals surface area contributed by atoms with Gasteiger partial charge in [0.2, 0.25) is 5.91 Å². The van der Waals surface area contributed by atoms with Gasteiger partial charge in [-0.2, -0.15) is 0 Å². The molecule has 1 saturated heterocycles. The molecule has 1 aromatic rings. The van der Waals surface area contributed by atoms with Gasteiger partial charge in [-0.1, -0.05) is 12.8 Å². The molecule has 0 unspecified atom stereocenters. The Bertz CT molecular complexity index is 638. The number of hydrogen-bond donors (Lipinski definition) is 2. The summed E-state index contributed by atoms with van der Waals surface area (Å²) in [7, 11) is 0. The van der Waals surface area contributed by atoms with Gasteiger partial charge < -0.3 is 16.0 Å². The Morgan fingerprint density at radius 3 is 2.65 bits per heavy atom. The molecule has 124 valence electrons. The van der Waals surface area contributed by atoms with Crippen LogP contribution in [0.25, 0.3) is 0 Å². The molecular formula is C16H19F2N3O2. The number of nitrogens with zero attached hydrogens (tertiary/aromatic N) is 1. The van der Waals surface area contributed by atoms with Crippen LogP contribution in [-0.2, 0) is 4.79 Å². The maximum atomic E-state index is 13.7. The number of nitrogens with one attached hydrogen (secondary N) is 1. The molecule has 0 spiro atoms. The highest BCUT2D eigenvalue weighted by Gasteiger charge is 2.46. The van der Waals surface area contributed by atoms with Crippen LogP contribution in [0.1, 0.15) is 32.1 Å². The van der Waals surface area contributed by atoms with Gasteiger partial charge in [-0.05, 0) is 37.3 Å². The lowest BCUT2D eigenvalue weighted by atomic mass is 9.85. The standard InChI is InChI=1S/C16H19F2N3O2/c17-10-5-6-12(11(18)8-10)20-16(23)21-13-4-2-1-3-9(13)7-14(21)15(19)22/h5-6,8-9,13-14H,1-4,7H2,(H2,19,22)(H,20,23)/t9-,13+,14-/m0/s1. The highest BCUT2D eigenvalue weighted by Crippen LogP contribution is 2.40. The smallest absolute Gasteiger partial charge is 0.322 e. The van der Waals surface area contributed by atoms with Crippen LogP contribution in [-0.4, -0.2) is 28.9 Å². The van der Waals surface area contributed by atoms with Crippen molar-refractivity contribution in [2.45, 2.75) is 44.2 Å². The quantitative estimate of drug-likeness (QED) is 0.878. The summed E-state index contributed by atoms with van der Waals surface area (Å²) >= 11 is 0. The van der Waals surface area contributed by atoms with Crippen molar-refractivity contribution in [3.05, 3.63) is 29.8 Å². The minimum atomic E-state index is -0.853. The number of nitrogens with two attached hydrogens (primary N) is 1. The Kier molecular flexibility index (Phi) is 4.19. The van der Waals surface area contributed by atoms with E-state index >= 15 is 0 Å². The molecule has 3 rings (SSSR count). The summed E-state index contributed by atoms with van der Waals surface area (Å²) in [5, 5.41) is 2.43. The molecule has 0 bridgehead atoms. The van der Waals surface area contributed by atoms with Gasteiger partial charge in [-0.25, -0.2) is 13.6 Å². The summed E-state index contributed by atoms with van der Waals surface area (Å²) in [6, 6.07) is 1.65. The van der Waals surface area contributed by atoms with Crippen LogP contribution < -0.4 is 11.1 Å². The Morgan fingerprint density at radius 1 is 1.22 bits per heavy atom. The Hall–Kier alpha value is -2.18. The van der Waals surface area contributed by atoms with Crippen molar-refractivity contribution in [2.75, 3.05) is 5.32 Å². The first-order valence-electron chi connectivity index (χ1n) is 7.81. The number of hydrogen-bond acceptors (Lipinski definition) is 2. The number of primary amides is 1. The molecule has 1 aliphatic carbocycles. The van der Waals surface area contributed by atoms with E-state index in [9.17, 15) is 18.4 Å². The molecule has 3 amide bonds. The van der Waals surface area contributed by atoms with E-state index in [0.717, 1.165) is 37.8 Å². The molecule has 2 aliphatic rings. The first-order valence-corrected chi connectivity index (χ1v) is 7.81. The van der Waals surface area contributed by atoms with E-state index in [1.54, 1.807) is 0 Å². The van der Waals surface area contributed by atoms with E-state index in [4.69, 9.17) is 5.73 Å². The van der Waals surface area contributed by atoms with Crippen LogP contribution in [0, 0.1) is 17.6 Å². The van der Waals surface area contributed by atoms with E-state index < -0.39 is 29.6 Å². The summed E-state index contributed by atoms with van der Waals surface area (Å²) in [5.74, 6) is -1.86. The Morgan fingerprint density at radius 2 is 1.96 bits per heavy atom. The second-order valence-corrected chi connectivity index (χ2v) is 6.23. The molecule has 0 aromatic heterocycles. The number of urea groups is 1. The van der Waals surface area contributed by atoms with Gasteiger partial charge in [0, 0.05) is 12.1 Å². The van der Waals surface area contributed by atoms with Gasteiger partial charge in [0.1, 0.15) is 17.7 Å². The third-order valence-corrected chi connectivity index (χ3v) is 4.82. The molecule has 1 saturated carbocycles. The summed E-state index contributed by atoms with van der Waals surface area (Å²) in [4.78, 5) is 25.7. The maximum absolute atomic E-state index is 13.7. The summed E-state index contributed by atoms with van der Waals surface area (Å²) in [6.07, 6.45) is 4.40. The lowest BCUT2D eigenvalue weighted by Gasteiger charge is -2.33. The molecule has 5 nitrogen and oxygen atoms in total. The third-order valence-electron chi connectivity index (χ3n) is 4.82. The second-order valence-electron chi connectivity index (χ2n) is 6.23. The van der Waals surface area contributed by atoms with Crippen LogP contribution in [0.4, 0.5) is 19.3 Å². The van der Waals surface area contributed by atoms with Crippen molar-refractivity contribution in [3.8, 4) is 0 Å². The van der Waals surface area contributed by atoms with Crippen molar-refractivity contribution in [1.82, 2.24) is 4.90 Å². The fourth-order valence-corrected chi connectivity index (χ4v) is 3.78. The number of anilines is 1. The SMILES string of the molecule is NC(=O)[C@@H]1C[C@@H]2CCCC[C@H]2N1C(=O)Nc1ccc(F)cc1F. The van der Waals surface area contributed by atoms with Crippen molar-refractivity contribution in [1.29, 1.82) is 0 Å². The van der Waals surface area contributed by atoms with E-state index in [1.807, 2.05) is 0 Å². The van der Waals surface area contributed by atoms with Crippen molar-refractivity contribution >= 4 is 17.6 Å². The van der Waals surface area contributed by atoms with Gasteiger partial charge in [-0.3, -0.25) is 4.79 Å². The molecule has 2 fully saturated rings. The average molecular weight is 323 g/mol. The number of benzene rings is 1. The third kappa shape index (κ3) is 3.00. The minimum Gasteiger partial charge on any atom is -0.368 e. The number of fused-ring (bicyclic) bond motifs is 1. The van der Waals surface area contributed by atoms with Crippen LogP contribution in [0.5, 0.6) is 0 Å². The zero-order chi connectivity index (χ0) is 16.6. The molecule has 7 heteroatoms. The number of halogens is 2. The molecular weight excluding hydrogens is 304 g/mol. The van der Waals surface area contributed by atoms with E-state index in [1.165, 1.54) is 4.90 Å². The number of rotatable bonds is 2. The molecule has 1 aliphatic heterocycles. The molecule has 3 N–H and O–H groups in total. The molecule has 1 aromatic carbocycles. The van der Waals surface area contributed by atoms with E-state index in [0.29, 0.717) is 12.5 Å². The predicted octanol–water partition coefficient (Wildman–Crippen LogP) is 2.62. The fraction of sp³-hybridized carbons (Fsp3) is 0.500. The normalized spacial score (nSPS) is 26.7. The number of carbonyl (C=O) groups is 2. The van der Waals surface area contributed by atoms with Gasteiger partial charge in [-0.15, -0.1) is 0 Å². The van der Waals surface area contributed by atoms with E-state index in [2.05, 4.69) is 5.32 Å². The fourth-order valence-electron chi connectivity index (χ4n) is 3.78. The summed E-state index contributed by atoms with van der Waals surface area (Å²) in [6.45, 7) is 0. The van der Waals surface area contributed by atoms with Gasteiger partial charge in [0.25, 0.3) is 0 Å². The van der Waals surface area contributed by atoms with Gasteiger partial charge in [0.05, 0.1) is 5.69 Å². The van der Waals surface area contributed by atoms with Gasteiger partial charge >= 0.3 is 6.03 Å².